The van der Waals surface area contributed by atoms with E-state index in [0.717, 1.165) is 13.0 Å². The Bertz CT molecular complexity index is 828. The van der Waals surface area contributed by atoms with Crippen molar-refractivity contribution >= 4 is 16.3 Å². The van der Waals surface area contributed by atoms with Gasteiger partial charge in [0.1, 0.15) is 0 Å². The fourth-order valence-electron chi connectivity index (χ4n) is 3.55. The summed E-state index contributed by atoms with van der Waals surface area (Å²) in [6.07, 6.45) is 5.54. The Labute approximate surface area is 181 Å². The molecule has 0 spiro atoms. The van der Waals surface area contributed by atoms with Crippen molar-refractivity contribution in [3.05, 3.63) is 65.3 Å². The van der Waals surface area contributed by atoms with E-state index in [1.807, 2.05) is 0 Å². The van der Waals surface area contributed by atoms with Crippen molar-refractivity contribution in [2.75, 3.05) is 20.6 Å². The van der Waals surface area contributed by atoms with Crippen LogP contribution >= 0.6 is 0 Å². The zero-order chi connectivity index (χ0) is 17.3. The summed E-state index contributed by atoms with van der Waals surface area (Å²) in [5.74, 6) is 0. The van der Waals surface area contributed by atoms with Crippen LogP contribution in [0.4, 0.5) is 0 Å². The summed E-state index contributed by atoms with van der Waals surface area (Å²) < 4.78 is 5.89. The molecule has 0 fully saturated rings. The van der Waals surface area contributed by atoms with Gasteiger partial charge in [0.2, 0.25) is 0 Å². The molecule has 0 radical (unpaired) electrons. The van der Waals surface area contributed by atoms with Crippen LogP contribution in [0.15, 0.2) is 54.1 Å². The molecule has 137 valence electrons. The molecule has 0 amide bonds. The minimum Gasteiger partial charge on any atom is -1.00 e. The van der Waals surface area contributed by atoms with E-state index < -0.39 is 0 Å². The fourth-order valence-corrected chi connectivity index (χ4v) is 3.70. The molecule has 0 atom stereocenters. The molecule has 2 nitrogen and oxygen atoms in total. The maximum atomic E-state index is 5.89. The number of rotatable bonds is 5. The molecule has 0 aromatic heterocycles. The standard InChI is InChI=1S/C21H24NO.2ClH.Ti/c1-21(2,23)20-18-10-6-5-8-15(18)12-13-19(20)17-11-7-9-16(17)14-22(3)4;;;/h5-10,12-13H,11,14H2,1-4H3;2*1H;/q-1;;;+3/p-2. The molecular weight excluding hydrogens is 401 g/mol. The average molecular weight is 425 g/mol. The Morgan fingerprint density at radius 3 is 2.42 bits per heavy atom. The molecule has 0 N–H and O–H groups in total. The van der Waals surface area contributed by atoms with Gasteiger partial charge < -0.3 is 24.8 Å². The molecule has 1 aliphatic carbocycles. The Kier molecular flexibility index (Phi) is 8.61. The third-order valence-electron chi connectivity index (χ3n) is 4.63. The first-order chi connectivity index (χ1) is 11.4. The number of likely N-dealkylation sites (N-methyl/N-ethyl adjacent to an activating group) is 1. The van der Waals surface area contributed by atoms with Gasteiger partial charge in [0, 0.05) is 0 Å². The van der Waals surface area contributed by atoms with E-state index in [1.165, 1.54) is 33.0 Å². The van der Waals surface area contributed by atoms with Crippen LogP contribution in [0.5, 0.6) is 0 Å². The second kappa shape index (κ2) is 9.55. The molecule has 0 saturated carbocycles. The van der Waals surface area contributed by atoms with Gasteiger partial charge in [0.25, 0.3) is 0 Å². The first-order valence-electron chi connectivity index (χ1n) is 8.34. The van der Waals surface area contributed by atoms with Crippen LogP contribution in [0.3, 0.4) is 0 Å². The van der Waals surface area contributed by atoms with Crippen molar-refractivity contribution < 1.29 is 49.0 Å². The molecule has 0 saturated heterocycles. The SMILES string of the molecule is CN(C)CC1=C(c2ccc3ccccc3c2C(C)(C)[O][Ti+2])CC=C1.[Cl-].[Cl-]. The predicted octanol–water partition coefficient (Wildman–Crippen LogP) is -1.16. The third kappa shape index (κ3) is 4.62. The Hall–Kier alpha value is -0.606. The van der Waals surface area contributed by atoms with Gasteiger partial charge in [-0.15, -0.1) is 0 Å². The van der Waals surface area contributed by atoms with Gasteiger partial charge in [0.15, 0.2) is 0 Å². The fraction of sp³-hybridized carbons (Fsp3) is 0.333. The zero-order valence-electron chi connectivity index (χ0n) is 15.6. The van der Waals surface area contributed by atoms with E-state index in [-0.39, 0.29) is 30.4 Å². The monoisotopic (exact) mass is 424 g/mol. The molecule has 0 unspecified atom stereocenters. The number of hydrogen-bond acceptors (Lipinski definition) is 2. The van der Waals surface area contributed by atoms with Gasteiger partial charge in [-0.05, 0) is 0 Å². The Morgan fingerprint density at radius 2 is 1.77 bits per heavy atom. The van der Waals surface area contributed by atoms with E-state index in [9.17, 15) is 0 Å². The summed E-state index contributed by atoms with van der Waals surface area (Å²) in [4.78, 5) is 2.23. The summed E-state index contributed by atoms with van der Waals surface area (Å²) in [6, 6.07) is 13.1. The number of hydrogen-bond donors (Lipinski definition) is 0. The zero-order valence-corrected chi connectivity index (χ0v) is 18.7. The normalized spacial score (nSPS) is 14.0. The van der Waals surface area contributed by atoms with Gasteiger partial charge in [0.05, 0.1) is 0 Å². The van der Waals surface area contributed by atoms with E-state index in [0.29, 0.717) is 0 Å². The summed E-state index contributed by atoms with van der Waals surface area (Å²) in [5, 5.41) is 2.55. The van der Waals surface area contributed by atoms with E-state index in [1.54, 1.807) is 20.8 Å². The number of benzene rings is 2. The molecule has 5 heteroatoms. The number of allylic oxidation sites excluding steroid dienone is 2. The molecule has 2 aromatic carbocycles. The van der Waals surface area contributed by atoms with Gasteiger partial charge in [-0.1, -0.05) is 0 Å². The second-order valence-corrected chi connectivity index (χ2v) is 7.49. The summed E-state index contributed by atoms with van der Waals surface area (Å²) in [7, 11) is 4.24. The predicted molar refractivity (Wildman–Crippen MR) is 97.3 cm³/mol. The first kappa shape index (κ1) is 23.4. The van der Waals surface area contributed by atoms with Crippen molar-refractivity contribution in [2.24, 2.45) is 0 Å². The largest absolute Gasteiger partial charge is 1.00 e. The molecular formula is C21H24Cl2NOTi. The number of nitrogens with zero attached hydrogens (tertiary/aromatic N) is 1. The second-order valence-electron chi connectivity index (χ2n) is 7.17. The number of fused-ring (bicyclic) bond motifs is 1. The quantitative estimate of drug-likeness (QED) is 0.561. The maximum Gasteiger partial charge on any atom is -1.00 e. The van der Waals surface area contributed by atoms with Crippen molar-refractivity contribution in [2.45, 2.75) is 25.9 Å². The van der Waals surface area contributed by atoms with Crippen molar-refractivity contribution in [3.63, 3.8) is 0 Å². The Balaban J connectivity index is 0.00000169. The van der Waals surface area contributed by atoms with Gasteiger partial charge >= 0.3 is 157 Å². The average Bonchev–Trinajstić information content (AvgIpc) is 3.00. The third-order valence-corrected chi connectivity index (χ3v) is 5.42. The van der Waals surface area contributed by atoms with E-state index >= 15 is 0 Å². The summed E-state index contributed by atoms with van der Waals surface area (Å²) in [5.41, 5.74) is 5.10. The van der Waals surface area contributed by atoms with Crippen molar-refractivity contribution in [1.29, 1.82) is 0 Å². The van der Waals surface area contributed by atoms with E-state index in [4.69, 9.17) is 3.32 Å². The molecule has 2 aromatic rings. The smallest absolute Gasteiger partial charge is 1.00 e. The molecule has 0 bridgehead atoms. The summed E-state index contributed by atoms with van der Waals surface area (Å²) >= 11 is 1.80. The van der Waals surface area contributed by atoms with Gasteiger partial charge in [-0.2, -0.15) is 0 Å². The number of halogens is 2. The first-order valence-corrected chi connectivity index (χ1v) is 8.98. The van der Waals surface area contributed by atoms with Crippen LogP contribution < -0.4 is 24.8 Å². The van der Waals surface area contributed by atoms with Gasteiger partial charge in [-0.25, -0.2) is 0 Å². The van der Waals surface area contributed by atoms with Crippen LogP contribution in [0.1, 0.15) is 31.4 Å². The molecule has 0 heterocycles. The molecule has 26 heavy (non-hydrogen) atoms. The van der Waals surface area contributed by atoms with Crippen LogP contribution in [0.25, 0.3) is 16.3 Å². The van der Waals surface area contributed by atoms with Gasteiger partial charge in [-0.3, -0.25) is 0 Å². The molecule has 1 aliphatic rings. The van der Waals surface area contributed by atoms with Crippen molar-refractivity contribution in [3.8, 4) is 0 Å². The van der Waals surface area contributed by atoms with Crippen LogP contribution in [0.2, 0.25) is 0 Å². The summed E-state index contributed by atoms with van der Waals surface area (Å²) in [6.45, 7) is 5.28. The van der Waals surface area contributed by atoms with Crippen molar-refractivity contribution in [1.82, 2.24) is 4.90 Å². The van der Waals surface area contributed by atoms with Crippen LogP contribution in [-0.4, -0.2) is 25.5 Å². The Morgan fingerprint density at radius 1 is 1.08 bits per heavy atom. The van der Waals surface area contributed by atoms with E-state index in [2.05, 4.69) is 81.4 Å². The van der Waals surface area contributed by atoms with Crippen LogP contribution in [0, 0.1) is 0 Å². The topological polar surface area (TPSA) is 12.5 Å². The minimum atomic E-state index is -0.338. The molecule has 0 aliphatic heterocycles. The maximum absolute atomic E-state index is 5.89. The minimum absolute atomic E-state index is 0. The molecule has 3 rings (SSSR count). The van der Waals surface area contributed by atoms with Crippen LogP contribution in [-0.2, 0) is 29.7 Å².